The van der Waals surface area contributed by atoms with E-state index in [4.69, 9.17) is 11.6 Å². The van der Waals surface area contributed by atoms with E-state index in [9.17, 15) is 4.79 Å². The zero-order valence-corrected chi connectivity index (χ0v) is 16.2. The number of nitrogens with zero attached hydrogens (tertiary/aromatic N) is 3. The molecule has 0 saturated heterocycles. The van der Waals surface area contributed by atoms with Gasteiger partial charge in [0, 0.05) is 43.3 Å². The Bertz CT molecular complexity index is 724. The molecule has 6 heteroatoms. The van der Waals surface area contributed by atoms with Gasteiger partial charge in [-0.1, -0.05) is 29.8 Å². The third kappa shape index (κ3) is 5.31. The van der Waals surface area contributed by atoms with Gasteiger partial charge in [0.05, 0.1) is 12.2 Å². The molecule has 136 valence electrons. The van der Waals surface area contributed by atoms with Gasteiger partial charge in [-0.25, -0.2) is 0 Å². The first-order valence-corrected chi connectivity index (χ1v) is 8.95. The Morgan fingerprint density at radius 2 is 2.00 bits per heavy atom. The number of hydrogen-bond donors (Lipinski definition) is 1. The van der Waals surface area contributed by atoms with Crippen molar-refractivity contribution in [2.75, 3.05) is 20.6 Å². The molecular formula is C19H27ClN4O. The molecule has 0 atom stereocenters. The largest absolute Gasteiger partial charge is 0.349 e. The summed E-state index contributed by atoms with van der Waals surface area (Å²) >= 11 is 6.25. The highest BCUT2D eigenvalue weighted by Crippen LogP contribution is 2.19. The number of halogens is 1. The van der Waals surface area contributed by atoms with E-state index in [1.54, 1.807) is 19.0 Å². The highest BCUT2D eigenvalue weighted by atomic mass is 35.5. The number of benzene rings is 1. The number of aromatic nitrogens is 2. The SMILES string of the molecule is Cc1nn(Cc2ccccc2Cl)c(C)c1CNCCCC(=O)N(C)C. The highest BCUT2D eigenvalue weighted by molar-refractivity contribution is 6.31. The minimum absolute atomic E-state index is 0.168. The van der Waals surface area contributed by atoms with E-state index in [2.05, 4.69) is 17.3 Å². The van der Waals surface area contributed by atoms with Crippen molar-refractivity contribution < 1.29 is 4.79 Å². The Morgan fingerprint density at radius 1 is 1.28 bits per heavy atom. The fourth-order valence-corrected chi connectivity index (χ4v) is 2.93. The van der Waals surface area contributed by atoms with Gasteiger partial charge in [-0.15, -0.1) is 0 Å². The van der Waals surface area contributed by atoms with Gasteiger partial charge >= 0.3 is 0 Å². The Balaban J connectivity index is 1.91. The second-order valence-electron chi connectivity index (χ2n) is 6.47. The van der Waals surface area contributed by atoms with Crippen LogP contribution in [0.4, 0.5) is 0 Å². The molecule has 0 aliphatic rings. The molecule has 1 aromatic heterocycles. The molecule has 0 unspecified atom stereocenters. The summed E-state index contributed by atoms with van der Waals surface area (Å²) in [6, 6.07) is 7.85. The number of carbonyl (C=O) groups is 1. The van der Waals surface area contributed by atoms with Crippen LogP contribution in [0.15, 0.2) is 24.3 Å². The zero-order valence-electron chi connectivity index (χ0n) is 15.5. The van der Waals surface area contributed by atoms with Gasteiger partial charge in [-0.3, -0.25) is 9.48 Å². The van der Waals surface area contributed by atoms with Crippen LogP contribution in [0.1, 0.15) is 35.4 Å². The second kappa shape index (κ2) is 9.02. The smallest absolute Gasteiger partial charge is 0.222 e. The predicted molar refractivity (Wildman–Crippen MR) is 102 cm³/mol. The molecule has 2 rings (SSSR count). The first-order chi connectivity index (χ1) is 11.9. The number of aryl methyl sites for hydroxylation is 1. The van der Waals surface area contributed by atoms with Crippen LogP contribution in [0.25, 0.3) is 0 Å². The highest BCUT2D eigenvalue weighted by Gasteiger charge is 2.12. The average molecular weight is 363 g/mol. The maximum Gasteiger partial charge on any atom is 0.222 e. The van der Waals surface area contributed by atoms with Crippen molar-refractivity contribution in [3.8, 4) is 0 Å². The molecule has 1 amide bonds. The maximum absolute atomic E-state index is 11.6. The number of hydrogen-bond acceptors (Lipinski definition) is 3. The van der Waals surface area contributed by atoms with Crippen LogP contribution in [0.3, 0.4) is 0 Å². The monoisotopic (exact) mass is 362 g/mol. The minimum atomic E-state index is 0.168. The third-order valence-electron chi connectivity index (χ3n) is 4.35. The molecule has 0 radical (unpaired) electrons. The van der Waals surface area contributed by atoms with E-state index >= 15 is 0 Å². The van der Waals surface area contributed by atoms with Crippen molar-refractivity contribution in [3.05, 3.63) is 51.8 Å². The molecule has 0 aliphatic heterocycles. The number of carbonyl (C=O) groups excluding carboxylic acids is 1. The molecule has 25 heavy (non-hydrogen) atoms. The molecule has 5 nitrogen and oxygen atoms in total. The quantitative estimate of drug-likeness (QED) is 0.734. The van der Waals surface area contributed by atoms with E-state index in [0.717, 1.165) is 41.5 Å². The van der Waals surface area contributed by atoms with Crippen LogP contribution in [-0.2, 0) is 17.9 Å². The van der Waals surface area contributed by atoms with E-state index in [1.807, 2.05) is 35.9 Å². The topological polar surface area (TPSA) is 50.2 Å². The van der Waals surface area contributed by atoms with Crippen LogP contribution in [-0.4, -0.2) is 41.2 Å². The van der Waals surface area contributed by atoms with Crippen LogP contribution in [0.2, 0.25) is 5.02 Å². The second-order valence-corrected chi connectivity index (χ2v) is 6.87. The molecular weight excluding hydrogens is 336 g/mol. The Morgan fingerprint density at radius 3 is 2.68 bits per heavy atom. The first kappa shape index (κ1) is 19.5. The van der Waals surface area contributed by atoms with Crippen LogP contribution >= 0.6 is 11.6 Å². The molecule has 2 aromatic rings. The van der Waals surface area contributed by atoms with Crippen LogP contribution in [0, 0.1) is 13.8 Å². The maximum atomic E-state index is 11.6. The zero-order chi connectivity index (χ0) is 18.4. The molecule has 0 fully saturated rings. The van der Waals surface area contributed by atoms with Crippen molar-refractivity contribution in [1.29, 1.82) is 0 Å². The lowest BCUT2D eigenvalue weighted by atomic mass is 10.2. The molecule has 0 bridgehead atoms. The lowest BCUT2D eigenvalue weighted by molar-refractivity contribution is -0.128. The molecule has 1 heterocycles. The van der Waals surface area contributed by atoms with Gasteiger partial charge in [0.25, 0.3) is 0 Å². The van der Waals surface area contributed by atoms with E-state index in [-0.39, 0.29) is 5.91 Å². The van der Waals surface area contributed by atoms with Crippen LogP contribution in [0.5, 0.6) is 0 Å². The third-order valence-corrected chi connectivity index (χ3v) is 4.72. The Hall–Kier alpha value is -1.85. The number of rotatable bonds is 8. The predicted octanol–water partition coefficient (Wildman–Crippen LogP) is 3.16. The van der Waals surface area contributed by atoms with E-state index in [0.29, 0.717) is 13.0 Å². The molecule has 1 N–H and O–H groups in total. The number of amides is 1. The lowest BCUT2D eigenvalue weighted by Crippen LogP contribution is -2.23. The first-order valence-electron chi connectivity index (χ1n) is 8.57. The number of nitrogens with one attached hydrogen (secondary N) is 1. The normalized spacial score (nSPS) is 10.9. The Kier molecular flexibility index (Phi) is 7.02. The van der Waals surface area contributed by atoms with Gasteiger partial charge in [0.1, 0.15) is 0 Å². The summed E-state index contributed by atoms with van der Waals surface area (Å²) in [5.41, 5.74) is 4.46. The average Bonchev–Trinajstić information content (AvgIpc) is 2.83. The van der Waals surface area contributed by atoms with Crippen LogP contribution < -0.4 is 5.32 Å². The summed E-state index contributed by atoms with van der Waals surface area (Å²) in [6.45, 7) is 6.36. The minimum Gasteiger partial charge on any atom is -0.349 e. The summed E-state index contributed by atoms with van der Waals surface area (Å²) in [7, 11) is 3.58. The summed E-state index contributed by atoms with van der Waals surface area (Å²) in [5, 5.41) is 8.83. The van der Waals surface area contributed by atoms with Crippen molar-refractivity contribution in [2.45, 2.75) is 39.8 Å². The Labute approximate surface area is 155 Å². The summed E-state index contributed by atoms with van der Waals surface area (Å²) in [5.74, 6) is 0.168. The summed E-state index contributed by atoms with van der Waals surface area (Å²) < 4.78 is 2.00. The van der Waals surface area contributed by atoms with Gasteiger partial charge in [-0.2, -0.15) is 5.10 Å². The lowest BCUT2D eigenvalue weighted by Gasteiger charge is -2.10. The standard InChI is InChI=1S/C19H27ClN4O/c1-14-17(12-21-11-7-10-19(25)23(3)4)15(2)24(22-14)13-16-8-5-6-9-18(16)20/h5-6,8-9,21H,7,10-13H2,1-4H3. The van der Waals surface area contributed by atoms with Gasteiger partial charge in [0.15, 0.2) is 0 Å². The fraction of sp³-hybridized carbons (Fsp3) is 0.474. The van der Waals surface area contributed by atoms with Gasteiger partial charge in [-0.05, 0) is 38.4 Å². The van der Waals surface area contributed by atoms with Gasteiger partial charge < -0.3 is 10.2 Å². The summed E-state index contributed by atoms with van der Waals surface area (Å²) in [4.78, 5) is 13.2. The molecule has 1 aromatic carbocycles. The fourth-order valence-electron chi connectivity index (χ4n) is 2.73. The van der Waals surface area contributed by atoms with E-state index in [1.165, 1.54) is 5.56 Å². The molecule has 0 saturated carbocycles. The molecule has 0 spiro atoms. The van der Waals surface area contributed by atoms with E-state index < -0.39 is 0 Å². The molecule has 0 aliphatic carbocycles. The van der Waals surface area contributed by atoms with Crippen molar-refractivity contribution in [3.63, 3.8) is 0 Å². The van der Waals surface area contributed by atoms with Crippen molar-refractivity contribution >= 4 is 17.5 Å². The van der Waals surface area contributed by atoms with Crippen molar-refractivity contribution in [2.24, 2.45) is 0 Å². The van der Waals surface area contributed by atoms with Gasteiger partial charge in [0.2, 0.25) is 5.91 Å². The van der Waals surface area contributed by atoms with Crippen molar-refractivity contribution in [1.82, 2.24) is 20.0 Å². The summed E-state index contributed by atoms with van der Waals surface area (Å²) in [6.07, 6.45) is 1.41.